The summed E-state index contributed by atoms with van der Waals surface area (Å²) in [6, 6.07) is -1.17. The Bertz CT molecular complexity index is 965. The highest BCUT2D eigenvalue weighted by molar-refractivity contribution is 5.80. The zero-order chi connectivity index (χ0) is 41.2. The SMILES string of the molecule is CCCCCCCCCCC/C=C\C/C=C\CCCCCCCCCCC(O)C(=O)NC(COC1OC(CO)C(O)C(O)C1O)C(O)C(O)CCCCCCC. The smallest absolute Gasteiger partial charge is 0.249 e. The summed E-state index contributed by atoms with van der Waals surface area (Å²) < 4.78 is 11.0. The Morgan fingerprint density at radius 2 is 1.09 bits per heavy atom. The molecule has 9 unspecified atom stereocenters. The number of ether oxygens (including phenoxy) is 2. The summed E-state index contributed by atoms with van der Waals surface area (Å²) in [5.74, 6) is -0.708. The standard InChI is InChI=1S/C45H85NO10/c1-3-5-7-9-10-11-12-13-14-15-16-17-18-19-20-21-22-23-24-25-26-27-29-31-33-38(49)44(54)46-36(40(50)37(48)32-30-28-8-6-4-2)35-55-45-43(53)42(52)41(51)39(34-47)56-45/h16-17,19-20,36-43,45,47-53H,3-15,18,21-35H2,1-2H3,(H,46,54)/b17-16-,20-19-. The van der Waals surface area contributed by atoms with Gasteiger partial charge >= 0.3 is 0 Å². The number of carbonyl (C=O) groups excluding carboxylic acids is 1. The molecule has 1 aliphatic heterocycles. The molecule has 1 saturated heterocycles. The fourth-order valence-electron chi connectivity index (χ4n) is 7.18. The molecule has 1 fully saturated rings. The van der Waals surface area contributed by atoms with Crippen LogP contribution in [0.5, 0.6) is 0 Å². The van der Waals surface area contributed by atoms with E-state index in [9.17, 15) is 40.5 Å². The van der Waals surface area contributed by atoms with Crippen molar-refractivity contribution in [3.05, 3.63) is 24.3 Å². The van der Waals surface area contributed by atoms with E-state index in [2.05, 4.69) is 43.5 Å². The maximum Gasteiger partial charge on any atom is 0.249 e. The molecule has 56 heavy (non-hydrogen) atoms. The van der Waals surface area contributed by atoms with E-state index in [4.69, 9.17) is 9.47 Å². The van der Waals surface area contributed by atoms with Crippen molar-refractivity contribution in [3.8, 4) is 0 Å². The second-order valence-corrected chi connectivity index (χ2v) is 16.1. The summed E-state index contributed by atoms with van der Waals surface area (Å²) in [6.45, 7) is 3.32. The third-order valence-electron chi connectivity index (χ3n) is 11.0. The van der Waals surface area contributed by atoms with Crippen LogP contribution in [0.3, 0.4) is 0 Å². The van der Waals surface area contributed by atoms with Crippen molar-refractivity contribution in [3.63, 3.8) is 0 Å². The van der Waals surface area contributed by atoms with Crippen molar-refractivity contribution in [1.82, 2.24) is 5.32 Å². The molecule has 11 heteroatoms. The Balaban J connectivity index is 2.28. The number of nitrogens with one attached hydrogen (secondary N) is 1. The van der Waals surface area contributed by atoms with Gasteiger partial charge < -0.3 is 50.5 Å². The molecule has 1 amide bonds. The molecular weight excluding hydrogens is 714 g/mol. The molecule has 11 nitrogen and oxygen atoms in total. The number of hydrogen-bond donors (Lipinski definition) is 8. The van der Waals surface area contributed by atoms with Gasteiger partial charge in [0.1, 0.15) is 36.6 Å². The number of rotatable bonds is 37. The van der Waals surface area contributed by atoms with Crippen molar-refractivity contribution in [2.45, 2.75) is 242 Å². The van der Waals surface area contributed by atoms with Gasteiger partial charge in [0, 0.05) is 0 Å². The number of unbranched alkanes of at least 4 members (excludes halogenated alkanes) is 21. The Labute approximate surface area is 340 Å². The number of aliphatic hydroxyl groups is 7. The highest BCUT2D eigenvalue weighted by Gasteiger charge is 2.44. The normalized spacial score (nSPS) is 22.5. The van der Waals surface area contributed by atoms with E-state index in [1.54, 1.807) is 0 Å². The second kappa shape index (κ2) is 35.5. The zero-order valence-electron chi connectivity index (χ0n) is 35.4. The van der Waals surface area contributed by atoms with E-state index >= 15 is 0 Å². The van der Waals surface area contributed by atoms with Crippen LogP contribution in [-0.4, -0.2) is 110 Å². The van der Waals surface area contributed by atoms with Crippen LogP contribution in [0.15, 0.2) is 24.3 Å². The summed E-state index contributed by atoms with van der Waals surface area (Å²) in [7, 11) is 0. The van der Waals surface area contributed by atoms with Gasteiger partial charge in [-0.3, -0.25) is 4.79 Å². The number of amides is 1. The molecule has 9 atom stereocenters. The summed E-state index contributed by atoms with van der Waals surface area (Å²) in [4.78, 5) is 13.0. The topological polar surface area (TPSA) is 189 Å². The third kappa shape index (κ3) is 25.2. The third-order valence-corrected chi connectivity index (χ3v) is 11.0. The van der Waals surface area contributed by atoms with Gasteiger partial charge in [0.15, 0.2) is 6.29 Å². The van der Waals surface area contributed by atoms with Gasteiger partial charge in [0.25, 0.3) is 0 Å². The maximum absolute atomic E-state index is 13.0. The maximum atomic E-state index is 13.0. The van der Waals surface area contributed by atoms with Gasteiger partial charge in [-0.2, -0.15) is 0 Å². The van der Waals surface area contributed by atoms with Gasteiger partial charge in [-0.05, 0) is 44.9 Å². The molecule has 0 saturated carbocycles. The van der Waals surface area contributed by atoms with E-state index in [0.29, 0.717) is 19.3 Å². The lowest BCUT2D eigenvalue weighted by Crippen LogP contribution is -2.60. The first-order valence-corrected chi connectivity index (χ1v) is 22.7. The molecule has 1 rings (SSSR count). The van der Waals surface area contributed by atoms with Gasteiger partial charge in [0.05, 0.1) is 25.4 Å². The van der Waals surface area contributed by atoms with Gasteiger partial charge in [-0.15, -0.1) is 0 Å². The molecule has 0 aromatic heterocycles. The fourth-order valence-corrected chi connectivity index (χ4v) is 7.18. The molecule has 330 valence electrons. The van der Waals surface area contributed by atoms with Crippen molar-refractivity contribution < 1.29 is 50.0 Å². The summed E-state index contributed by atoms with van der Waals surface area (Å²) in [6.07, 6.45) is 27.3. The molecule has 1 aliphatic rings. The Morgan fingerprint density at radius 1 is 0.625 bits per heavy atom. The molecule has 8 N–H and O–H groups in total. The summed E-state index contributed by atoms with van der Waals surface area (Å²) in [5, 5.41) is 75.0. The van der Waals surface area contributed by atoms with E-state index < -0.39 is 74.2 Å². The molecule has 0 bridgehead atoms. The average Bonchev–Trinajstić information content (AvgIpc) is 3.20. The van der Waals surface area contributed by atoms with Gasteiger partial charge in [-0.1, -0.05) is 167 Å². The Morgan fingerprint density at radius 3 is 1.59 bits per heavy atom. The van der Waals surface area contributed by atoms with E-state index in [-0.39, 0.29) is 6.42 Å². The van der Waals surface area contributed by atoms with Crippen LogP contribution in [0.4, 0.5) is 0 Å². The minimum atomic E-state index is -1.66. The lowest BCUT2D eigenvalue weighted by atomic mass is 9.98. The summed E-state index contributed by atoms with van der Waals surface area (Å²) in [5.41, 5.74) is 0. The molecule has 1 heterocycles. The lowest BCUT2D eigenvalue weighted by molar-refractivity contribution is -0.303. The first-order chi connectivity index (χ1) is 27.2. The molecule has 0 spiro atoms. The Kier molecular flexibility index (Phi) is 33.4. The number of allylic oxidation sites excluding steroid dienone is 4. The van der Waals surface area contributed by atoms with Crippen LogP contribution in [0.2, 0.25) is 0 Å². The molecule has 0 aromatic carbocycles. The molecule has 0 radical (unpaired) electrons. The van der Waals surface area contributed by atoms with Crippen LogP contribution in [-0.2, 0) is 14.3 Å². The van der Waals surface area contributed by atoms with E-state index in [0.717, 1.165) is 57.8 Å². The fraction of sp³-hybridized carbons (Fsp3) is 0.889. The predicted molar refractivity (Wildman–Crippen MR) is 224 cm³/mol. The minimum Gasteiger partial charge on any atom is -0.394 e. The van der Waals surface area contributed by atoms with Gasteiger partial charge in [-0.25, -0.2) is 0 Å². The largest absolute Gasteiger partial charge is 0.394 e. The highest BCUT2D eigenvalue weighted by atomic mass is 16.7. The van der Waals surface area contributed by atoms with E-state index in [1.165, 1.54) is 89.9 Å². The van der Waals surface area contributed by atoms with Crippen molar-refractivity contribution in [2.75, 3.05) is 13.2 Å². The lowest BCUT2D eigenvalue weighted by Gasteiger charge is -2.40. The van der Waals surface area contributed by atoms with Gasteiger partial charge in [0.2, 0.25) is 5.91 Å². The molecule has 0 aromatic rings. The minimum absolute atomic E-state index is 0.253. The second-order valence-electron chi connectivity index (χ2n) is 16.1. The number of aliphatic hydroxyl groups excluding tert-OH is 7. The number of hydrogen-bond acceptors (Lipinski definition) is 10. The summed E-state index contributed by atoms with van der Waals surface area (Å²) >= 11 is 0. The Hall–Kier alpha value is -1.41. The van der Waals surface area contributed by atoms with Crippen LogP contribution in [0, 0.1) is 0 Å². The van der Waals surface area contributed by atoms with Crippen molar-refractivity contribution in [2.24, 2.45) is 0 Å². The predicted octanol–water partition coefficient (Wildman–Crippen LogP) is 7.06. The first-order valence-electron chi connectivity index (χ1n) is 22.7. The van der Waals surface area contributed by atoms with Crippen LogP contribution < -0.4 is 5.32 Å². The molecular formula is C45H85NO10. The van der Waals surface area contributed by atoms with Crippen molar-refractivity contribution in [1.29, 1.82) is 0 Å². The van der Waals surface area contributed by atoms with E-state index in [1.807, 2.05) is 0 Å². The van der Waals surface area contributed by atoms with Crippen LogP contribution in [0.25, 0.3) is 0 Å². The van der Waals surface area contributed by atoms with Crippen LogP contribution >= 0.6 is 0 Å². The van der Waals surface area contributed by atoms with Crippen LogP contribution in [0.1, 0.15) is 187 Å². The first kappa shape index (κ1) is 52.6. The number of carbonyl (C=O) groups is 1. The van der Waals surface area contributed by atoms with Crippen molar-refractivity contribution >= 4 is 5.91 Å². The quantitative estimate of drug-likeness (QED) is 0.0239. The monoisotopic (exact) mass is 800 g/mol. The highest BCUT2D eigenvalue weighted by Crippen LogP contribution is 2.23. The average molecular weight is 800 g/mol. The zero-order valence-corrected chi connectivity index (χ0v) is 35.4. The molecule has 0 aliphatic carbocycles.